The van der Waals surface area contributed by atoms with Gasteiger partial charge in [-0.3, -0.25) is 18.9 Å². The average Bonchev–Trinajstić information content (AvgIpc) is 2.85. The van der Waals surface area contributed by atoms with Crippen LogP contribution in [0.5, 0.6) is 0 Å². The number of carbonyl (C=O) groups excluding carboxylic acids is 1. The smallest absolute Gasteiger partial charge is 0.270 e. The van der Waals surface area contributed by atoms with Crippen LogP contribution in [-0.2, 0) is 0 Å². The maximum atomic E-state index is 13.2. The van der Waals surface area contributed by atoms with Gasteiger partial charge in [-0.2, -0.15) is 0 Å². The molecule has 0 saturated carbocycles. The van der Waals surface area contributed by atoms with Crippen molar-refractivity contribution in [3.05, 3.63) is 76.6 Å². The van der Waals surface area contributed by atoms with Gasteiger partial charge in [0.05, 0.1) is 0 Å². The molecule has 1 atom stereocenters. The SMILES string of the molecule is O=C(c1cnc2ccccn2c1=O)N1CCCC(N2CCN(c3ccc(F)cc3)CC2)C1. The Morgan fingerprint density at radius 1 is 1.00 bits per heavy atom. The highest BCUT2D eigenvalue weighted by Gasteiger charge is 2.31. The first kappa shape index (κ1) is 20.6. The average molecular weight is 436 g/mol. The maximum Gasteiger partial charge on any atom is 0.270 e. The second-order valence-electron chi connectivity index (χ2n) is 8.45. The Kier molecular flexibility index (Phi) is 5.61. The van der Waals surface area contributed by atoms with Gasteiger partial charge in [-0.25, -0.2) is 9.37 Å². The number of anilines is 1. The number of piperazine rings is 1. The molecule has 0 bridgehead atoms. The van der Waals surface area contributed by atoms with Crippen molar-refractivity contribution in [2.24, 2.45) is 0 Å². The van der Waals surface area contributed by atoms with Crippen LogP contribution in [0.3, 0.4) is 0 Å². The number of halogens is 1. The molecule has 5 rings (SSSR count). The third-order valence-corrected chi connectivity index (χ3v) is 6.55. The van der Waals surface area contributed by atoms with Crippen molar-refractivity contribution in [1.29, 1.82) is 0 Å². The first-order valence-corrected chi connectivity index (χ1v) is 11.1. The second-order valence-corrected chi connectivity index (χ2v) is 8.45. The minimum atomic E-state index is -0.323. The maximum absolute atomic E-state index is 13.2. The van der Waals surface area contributed by atoms with E-state index in [0.717, 1.165) is 44.7 Å². The van der Waals surface area contributed by atoms with E-state index in [1.165, 1.54) is 22.7 Å². The topological polar surface area (TPSA) is 61.2 Å². The number of nitrogens with zero attached hydrogens (tertiary/aromatic N) is 5. The van der Waals surface area contributed by atoms with E-state index in [-0.39, 0.29) is 28.9 Å². The van der Waals surface area contributed by atoms with Crippen molar-refractivity contribution < 1.29 is 9.18 Å². The van der Waals surface area contributed by atoms with E-state index in [2.05, 4.69) is 14.8 Å². The van der Waals surface area contributed by atoms with E-state index in [1.807, 2.05) is 18.2 Å². The van der Waals surface area contributed by atoms with E-state index in [4.69, 9.17) is 0 Å². The third-order valence-electron chi connectivity index (χ3n) is 6.55. The van der Waals surface area contributed by atoms with E-state index < -0.39 is 0 Å². The molecule has 8 heteroatoms. The summed E-state index contributed by atoms with van der Waals surface area (Å²) < 4.78 is 14.6. The first-order chi connectivity index (χ1) is 15.6. The number of hydrogen-bond acceptors (Lipinski definition) is 5. The van der Waals surface area contributed by atoms with Crippen molar-refractivity contribution in [3.8, 4) is 0 Å². The fourth-order valence-corrected chi connectivity index (χ4v) is 4.78. The summed E-state index contributed by atoms with van der Waals surface area (Å²) in [6.07, 6.45) is 5.00. The molecule has 166 valence electrons. The molecule has 4 heterocycles. The number of rotatable bonds is 3. The highest BCUT2D eigenvalue weighted by atomic mass is 19.1. The van der Waals surface area contributed by atoms with Gasteiger partial charge in [-0.1, -0.05) is 6.07 Å². The molecule has 2 fully saturated rings. The third kappa shape index (κ3) is 3.98. The van der Waals surface area contributed by atoms with Crippen LogP contribution in [0.1, 0.15) is 23.2 Å². The molecule has 0 radical (unpaired) electrons. The Morgan fingerprint density at radius 3 is 2.56 bits per heavy atom. The molecule has 2 aromatic heterocycles. The standard InChI is InChI=1S/C24H26FN5O2/c25-18-6-8-19(9-7-18)27-12-14-28(15-13-27)20-4-3-10-29(17-20)23(31)21-16-26-22-5-1-2-11-30(22)24(21)32/h1-2,5-9,11,16,20H,3-4,10,12-15,17H2. The van der Waals surface area contributed by atoms with Gasteiger partial charge < -0.3 is 9.80 Å². The summed E-state index contributed by atoms with van der Waals surface area (Å²) in [6, 6.07) is 12.2. The Morgan fingerprint density at radius 2 is 1.78 bits per heavy atom. The second kappa shape index (κ2) is 8.70. The number of hydrogen-bond donors (Lipinski definition) is 0. The lowest BCUT2D eigenvalue weighted by molar-refractivity contribution is 0.0561. The zero-order valence-electron chi connectivity index (χ0n) is 17.9. The number of aromatic nitrogens is 2. The normalized spacial score (nSPS) is 20.0. The van der Waals surface area contributed by atoms with Crippen LogP contribution >= 0.6 is 0 Å². The summed E-state index contributed by atoms with van der Waals surface area (Å²) in [5.74, 6) is -0.462. The van der Waals surface area contributed by atoms with E-state index in [1.54, 1.807) is 23.2 Å². The first-order valence-electron chi connectivity index (χ1n) is 11.1. The fraction of sp³-hybridized carbons (Fsp3) is 0.375. The number of piperidine rings is 1. The van der Waals surface area contributed by atoms with Gasteiger partial charge in [-0.05, 0) is 49.2 Å². The van der Waals surface area contributed by atoms with Gasteiger partial charge in [0.1, 0.15) is 17.0 Å². The van der Waals surface area contributed by atoms with E-state index in [9.17, 15) is 14.0 Å². The Hall–Kier alpha value is -3.26. The molecule has 0 aliphatic carbocycles. The summed E-state index contributed by atoms with van der Waals surface area (Å²) in [7, 11) is 0. The molecular formula is C24H26FN5O2. The largest absolute Gasteiger partial charge is 0.369 e. The molecule has 3 aromatic rings. The number of likely N-dealkylation sites (tertiary alicyclic amines) is 1. The molecule has 1 aromatic carbocycles. The Labute approximate surface area is 185 Å². The quantitative estimate of drug-likeness (QED) is 0.632. The molecule has 0 spiro atoms. The summed E-state index contributed by atoms with van der Waals surface area (Å²) >= 11 is 0. The molecular weight excluding hydrogens is 409 g/mol. The lowest BCUT2D eigenvalue weighted by Gasteiger charge is -2.43. The van der Waals surface area contributed by atoms with Crippen LogP contribution in [0.25, 0.3) is 5.65 Å². The molecule has 7 nitrogen and oxygen atoms in total. The van der Waals surface area contributed by atoms with E-state index in [0.29, 0.717) is 18.7 Å². The monoisotopic (exact) mass is 435 g/mol. The lowest BCUT2D eigenvalue weighted by Crippen LogP contribution is -2.56. The van der Waals surface area contributed by atoms with Crippen molar-refractivity contribution in [2.45, 2.75) is 18.9 Å². The summed E-state index contributed by atoms with van der Waals surface area (Å²) in [5.41, 5.74) is 1.37. The van der Waals surface area contributed by atoms with Crippen LogP contribution in [-0.4, -0.2) is 70.4 Å². The molecule has 2 saturated heterocycles. The van der Waals surface area contributed by atoms with Crippen LogP contribution in [0.4, 0.5) is 10.1 Å². The fourth-order valence-electron chi connectivity index (χ4n) is 4.78. The van der Waals surface area contributed by atoms with Crippen LogP contribution in [0.15, 0.2) is 59.7 Å². The summed E-state index contributed by atoms with van der Waals surface area (Å²) in [4.78, 5) is 36.8. The number of pyridine rings is 1. The lowest BCUT2D eigenvalue weighted by atomic mass is 10.0. The molecule has 1 unspecified atom stereocenters. The summed E-state index contributed by atoms with van der Waals surface area (Å²) in [5, 5.41) is 0. The highest BCUT2D eigenvalue weighted by molar-refractivity contribution is 5.93. The molecule has 0 N–H and O–H groups in total. The molecule has 32 heavy (non-hydrogen) atoms. The Balaban J connectivity index is 1.25. The predicted molar refractivity (Wildman–Crippen MR) is 121 cm³/mol. The van der Waals surface area contributed by atoms with Gasteiger partial charge in [0.25, 0.3) is 11.5 Å². The van der Waals surface area contributed by atoms with Crippen LogP contribution in [0, 0.1) is 5.82 Å². The van der Waals surface area contributed by atoms with Gasteiger partial charge in [0, 0.05) is 63.4 Å². The highest BCUT2D eigenvalue weighted by Crippen LogP contribution is 2.22. The number of benzene rings is 1. The van der Waals surface area contributed by atoms with Gasteiger partial charge >= 0.3 is 0 Å². The number of carbonyl (C=O) groups is 1. The van der Waals surface area contributed by atoms with Crippen LogP contribution < -0.4 is 10.5 Å². The van der Waals surface area contributed by atoms with Crippen molar-refractivity contribution in [2.75, 3.05) is 44.2 Å². The predicted octanol–water partition coefficient (Wildman–Crippen LogP) is 2.26. The van der Waals surface area contributed by atoms with Crippen LogP contribution in [0.2, 0.25) is 0 Å². The van der Waals surface area contributed by atoms with Gasteiger partial charge in [0.15, 0.2) is 0 Å². The molecule has 2 aliphatic rings. The number of fused-ring (bicyclic) bond motifs is 1. The minimum absolute atomic E-state index is 0.121. The molecule has 2 aliphatic heterocycles. The Bertz CT molecular complexity index is 1170. The van der Waals surface area contributed by atoms with Crippen molar-refractivity contribution >= 4 is 17.2 Å². The van der Waals surface area contributed by atoms with Gasteiger partial charge in [-0.15, -0.1) is 0 Å². The minimum Gasteiger partial charge on any atom is -0.369 e. The molecule has 1 amide bonds. The van der Waals surface area contributed by atoms with Crippen molar-refractivity contribution in [3.63, 3.8) is 0 Å². The van der Waals surface area contributed by atoms with Gasteiger partial charge in [0.2, 0.25) is 0 Å². The zero-order chi connectivity index (χ0) is 22.1. The zero-order valence-corrected chi connectivity index (χ0v) is 17.9. The van der Waals surface area contributed by atoms with E-state index >= 15 is 0 Å². The number of amides is 1. The summed E-state index contributed by atoms with van der Waals surface area (Å²) in [6.45, 7) is 4.79. The van der Waals surface area contributed by atoms with Crippen molar-refractivity contribution in [1.82, 2.24) is 19.2 Å².